The Labute approximate surface area is 112 Å². The van der Waals surface area contributed by atoms with Crippen molar-refractivity contribution in [3.63, 3.8) is 0 Å². The highest BCUT2D eigenvalue weighted by molar-refractivity contribution is 5.76. The molecule has 0 aromatic heterocycles. The first kappa shape index (κ1) is 17.4. The summed E-state index contributed by atoms with van der Waals surface area (Å²) in [5.41, 5.74) is 6.20. The highest BCUT2D eigenvalue weighted by Crippen LogP contribution is 2.21. The SMILES string of the molecule is CCOCCN(CC)C(=O)CC(N)CC(C)(C)C. The molecule has 18 heavy (non-hydrogen) atoms. The van der Waals surface area contributed by atoms with Gasteiger partial charge in [-0.2, -0.15) is 0 Å². The van der Waals surface area contributed by atoms with Crippen molar-refractivity contribution in [3.8, 4) is 0 Å². The first-order valence-electron chi connectivity index (χ1n) is 6.91. The van der Waals surface area contributed by atoms with E-state index in [1.807, 2.05) is 18.7 Å². The number of nitrogens with zero attached hydrogens (tertiary/aromatic N) is 1. The number of likely N-dealkylation sites (N-methyl/N-ethyl adjacent to an activating group) is 1. The van der Waals surface area contributed by atoms with Gasteiger partial charge in [-0.3, -0.25) is 4.79 Å². The van der Waals surface area contributed by atoms with Gasteiger partial charge in [0.05, 0.1) is 6.61 Å². The molecule has 1 amide bonds. The predicted octanol–water partition coefficient (Wildman–Crippen LogP) is 2.02. The van der Waals surface area contributed by atoms with Gasteiger partial charge in [-0.15, -0.1) is 0 Å². The lowest BCUT2D eigenvalue weighted by molar-refractivity contribution is -0.132. The molecule has 0 rings (SSSR count). The molecular formula is C14H30N2O2. The highest BCUT2D eigenvalue weighted by atomic mass is 16.5. The van der Waals surface area contributed by atoms with Gasteiger partial charge >= 0.3 is 0 Å². The maximum absolute atomic E-state index is 12.1. The Morgan fingerprint density at radius 3 is 2.39 bits per heavy atom. The van der Waals surface area contributed by atoms with E-state index in [1.165, 1.54) is 0 Å². The third-order valence-electron chi connectivity index (χ3n) is 2.76. The van der Waals surface area contributed by atoms with Gasteiger partial charge in [0, 0.05) is 32.2 Å². The number of carbonyl (C=O) groups is 1. The maximum atomic E-state index is 12.1. The summed E-state index contributed by atoms with van der Waals surface area (Å²) in [4.78, 5) is 13.9. The van der Waals surface area contributed by atoms with Gasteiger partial charge in [-0.25, -0.2) is 0 Å². The minimum Gasteiger partial charge on any atom is -0.380 e. The molecule has 0 aromatic rings. The summed E-state index contributed by atoms with van der Waals surface area (Å²) in [6.45, 7) is 13.0. The summed E-state index contributed by atoms with van der Waals surface area (Å²) in [5.74, 6) is 0.133. The molecule has 0 fully saturated rings. The van der Waals surface area contributed by atoms with Crippen LogP contribution < -0.4 is 5.73 Å². The van der Waals surface area contributed by atoms with E-state index in [-0.39, 0.29) is 17.4 Å². The molecule has 0 saturated carbocycles. The fourth-order valence-corrected chi connectivity index (χ4v) is 1.99. The first-order chi connectivity index (χ1) is 8.30. The van der Waals surface area contributed by atoms with Crippen LogP contribution in [0, 0.1) is 5.41 Å². The number of hydrogen-bond acceptors (Lipinski definition) is 3. The lowest BCUT2D eigenvalue weighted by Gasteiger charge is -2.26. The van der Waals surface area contributed by atoms with Crippen molar-refractivity contribution in [3.05, 3.63) is 0 Å². The van der Waals surface area contributed by atoms with Crippen molar-refractivity contribution >= 4 is 5.91 Å². The zero-order valence-corrected chi connectivity index (χ0v) is 12.7. The minimum atomic E-state index is -0.0568. The third kappa shape index (κ3) is 8.48. The number of rotatable bonds is 8. The van der Waals surface area contributed by atoms with Gasteiger partial charge in [0.15, 0.2) is 0 Å². The summed E-state index contributed by atoms with van der Waals surface area (Å²) >= 11 is 0. The standard InChI is InChI=1S/C14H30N2O2/c1-6-16(8-9-18-7-2)13(17)10-12(15)11-14(3,4)5/h12H,6-11,15H2,1-5H3. The molecule has 0 aliphatic carbocycles. The third-order valence-corrected chi connectivity index (χ3v) is 2.76. The van der Waals surface area contributed by atoms with Crippen LogP contribution in [-0.4, -0.2) is 43.2 Å². The molecule has 4 nitrogen and oxygen atoms in total. The van der Waals surface area contributed by atoms with Crippen LogP contribution in [0.15, 0.2) is 0 Å². The Hall–Kier alpha value is -0.610. The van der Waals surface area contributed by atoms with Crippen LogP contribution in [0.4, 0.5) is 0 Å². The average molecular weight is 258 g/mol. The molecule has 0 saturated heterocycles. The molecule has 0 aliphatic rings. The Morgan fingerprint density at radius 2 is 1.94 bits per heavy atom. The maximum Gasteiger partial charge on any atom is 0.224 e. The molecule has 0 aliphatic heterocycles. The van der Waals surface area contributed by atoms with Crippen molar-refractivity contribution in [1.29, 1.82) is 0 Å². The molecule has 4 heteroatoms. The molecule has 2 N–H and O–H groups in total. The lowest BCUT2D eigenvalue weighted by atomic mass is 9.87. The van der Waals surface area contributed by atoms with Crippen molar-refractivity contribution < 1.29 is 9.53 Å². The summed E-state index contributed by atoms with van der Waals surface area (Å²) in [7, 11) is 0. The highest BCUT2D eigenvalue weighted by Gasteiger charge is 2.20. The molecule has 0 spiro atoms. The molecule has 0 bridgehead atoms. The molecule has 0 heterocycles. The van der Waals surface area contributed by atoms with Crippen LogP contribution in [0.3, 0.4) is 0 Å². The fraction of sp³-hybridized carbons (Fsp3) is 0.929. The van der Waals surface area contributed by atoms with E-state index in [2.05, 4.69) is 20.8 Å². The van der Waals surface area contributed by atoms with Crippen LogP contribution in [0.2, 0.25) is 0 Å². The van der Waals surface area contributed by atoms with E-state index in [1.54, 1.807) is 0 Å². The summed E-state index contributed by atoms with van der Waals surface area (Å²) in [5, 5.41) is 0. The monoisotopic (exact) mass is 258 g/mol. The predicted molar refractivity (Wildman–Crippen MR) is 75.4 cm³/mol. The molecule has 108 valence electrons. The number of amides is 1. The molecule has 1 atom stereocenters. The van der Waals surface area contributed by atoms with Gasteiger partial charge in [-0.1, -0.05) is 20.8 Å². The zero-order chi connectivity index (χ0) is 14.2. The van der Waals surface area contributed by atoms with E-state index >= 15 is 0 Å². The van der Waals surface area contributed by atoms with Crippen LogP contribution in [0.25, 0.3) is 0 Å². The van der Waals surface area contributed by atoms with Gasteiger partial charge in [0.2, 0.25) is 5.91 Å². The molecule has 0 aromatic carbocycles. The lowest BCUT2D eigenvalue weighted by Crippen LogP contribution is -2.38. The van der Waals surface area contributed by atoms with Gasteiger partial charge in [0.1, 0.15) is 0 Å². The van der Waals surface area contributed by atoms with Crippen LogP contribution >= 0.6 is 0 Å². The van der Waals surface area contributed by atoms with Gasteiger partial charge < -0.3 is 15.4 Å². The average Bonchev–Trinajstić information content (AvgIpc) is 2.21. The van der Waals surface area contributed by atoms with Crippen LogP contribution in [0.5, 0.6) is 0 Å². The smallest absolute Gasteiger partial charge is 0.224 e. The Balaban J connectivity index is 4.10. The first-order valence-corrected chi connectivity index (χ1v) is 6.91. The largest absolute Gasteiger partial charge is 0.380 e. The minimum absolute atomic E-state index is 0.0568. The second-order valence-electron chi connectivity index (χ2n) is 5.90. The Bertz CT molecular complexity index is 236. The molecular weight excluding hydrogens is 228 g/mol. The summed E-state index contributed by atoms with van der Waals surface area (Å²) in [6.07, 6.45) is 1.29. The van der Waals surface area contributed by atoms with Crippen molar-refractivity contribution in [2.24, 2.45) is 11.1 Å². The van der Waals surface area contributed by atoms with E-state index in [4.69, 9.17) is 10.5 Å². The summed E-state index contributed by atoms with van der Waals surface area (Å²) < 4.78 is 5.28. The molecule has 1 unspecified atom stereocenters. The zero-order valence-electron chi connectivity index (χ0n) is 12.7. The van der Waals surface area contributed by atoms with E-state index in [9.17, 15) is 4.79 Å². The fourth-order valence-electron chi connectivity index (χ4n) is 1.99. The second-order valence-corrected chi connectivity index (χ2v) is 5.90. The van der Waals surface area contributed by atoms with Crippen LogP contribution in [0.1, 0.15) is 47.5 Å². The van der Waals surface area contributed by atoms with Crippen molar-refractivity contribution in [2.45, 2.75) is 53.5 Å². The van der Waals surface area contributed by atoms with Crippen molar-refractivity contribution in [2.75, 3.05) is 26.3 Å². The number of hydrogen-bond donors (Lipinski definition) is 1. The second kappa shape index (κ2) is 8.48. The van der Waals surface area contributed by atoms with E-state index in [0.29, 0.717) is 32.7 Å². The quantitative estimate of drug-likeness (QED) is 0.678. The van der Waals surface area contributed by atoms with Crippen LogP contribution in [-0.2, 0) is 9.53 Å². The Kier molecular flexibility index (Phi) is 8.20. The topological polar surface area (TPSA) is 55.6 Å². The summed E-state index contributed by atoms with van der Waals surface area (Å²) in [6, 6.07) is -0.0568. The van der Waals surface area contributed by atoms with Gasteiger partial charge in [0.25, 0.3) is 0 Å². The number of nitrogens with two attached hydrogens (primary N) is 1. The number of carbonyl (C=O) groups excluding carboxylic acids is 1. The van der Waals surface area contributed by atoms with E-state index in [0.717, 1.165) is 6.42 Å². The van der Waals surface area contributed by atoms with Gasteiger partial charge in [-0.05, 0) is 25.7 Å². The van der Waals surface area contributed by atoms with Crippen molar-refractivity contribution in [1.82, 2.24) is 4.90 Å². The Morgan fingerprint density at radius 1 is 1.33 bits per heavy atom. The normalized spacial score (nSPS) is 13.4. The molecule has 0 radical (unpaired) electrons. The number of ether oxygens (including phenoxy) is 1. The van der Waals surface area contributed by atoms with E-state index < -0.39 is 0 Å².